The van der Waals surface area contributed by atoms with E-state index >= 15 is 0 Å². The Labute approximate surface area is 83.2 Å². The molecule has 0 unspecified atom stereocenters. The van der Waals surface area contributed by atoms with Crippen molar-refractivity contribution in [2.75, 3.05) is 13.1 Å². The van der Waals surface area contributed by atoms with Crippen LogP contribution < -0.4 is 0 Å². The van der Waals surface area contributed by atoms with Gasteiger partial charge < -0.3 is 10.0 Å². The normalized spacial score (nSPS) is 20.3. The maximum atomic E-state index is 11.4. The zero-order valence-corrected chi connectivity index (χ0v) is 8.49. The lowest BCUT2D eigenvalue weighted by Crippen LogP contribution is -2.28. The van der Waals surface area contributed by atoms with Crippen molar-refractivity contribution in [3.63, 3.8) is 0 Å². The number of carboxylic acid groups (broad SMARTS) is 1. The number of carbonyl (C=O) groups excluding carboxylic acids is 1. The molecule has 1 heterocycles. The highest BCUT2D eigenvalue weighted by molar-refractivity contribution is 5.94. The second-order valence-corrected chi connectivity index (χ2v) is 4.35. The van der Waals surface area contributed by atoms with Crippen LogP contribution in [0.15, 0.2) is 12.2 Å². The molecule has 1 aliphatic rings. The summed E-state index contributed by atoms with van der Waals surface area (Å²) in [5.74, 6) is -1.30. The van der Waals surface area contributed by atoms with E-state index in [4.69, 9.17) is 5.11 Å². The van der Waals surface area contributed by atoms with Crippen LogP contribution in [0.25, 0.3) is 0 Å². The van der Waals surface area contributed by atoms with Crippen LogP contribution in [-0.4, -0.2) is 35.0 Å². The number of carboxylic acids is 1. The third kappa shape index (κ3) is 2.87. The monoisotopic (exact) mass is 197 g/mol. The Morgan fingerprint density at radius 2 is 2.00 bits per heavy atom. The SMILES string of the molecule is CC1(C)CCN(C(=O)/C=C\C(=O)O)C1. The van der Waals surface area contributed by atoms with Crippen LogP contribution in [0.1, 0.15) is 20.3 Å². The number of likely N-dealkylation sites (tertiary alicyclic amines) is 1. The summed E-state index contributed by atoms with van der Waals surface area (Å²) >= 11 is 0. The van der Waals surface area contributed by atoms with Gasteiger partial charge in [-0.2, -0.15) is 0 Å². The van der Waals surface area contributed by atoms with Gasteiger partial charge in [0, 0.05) is 25.2 Å². The molecular formula is C10H15NO3. The van der Waals surface area contributed by atoms with E-state index in [-0.39, 0.29) is 11.3 Å². The molecule has 0 aromatic rings. The summed E-state index contributed by atoms with van der Waals surface area (Å²) in [6.07, 6.45) is 2.97. The Bertz CT molecular complexity index is 281. The summed E-state index contributed by atoms with van der Waals surface area (Å²) in [5, 5.41) is 8.35. The van der Waals surface area contributed by atoms with Crippen LogP contribution in [0.2, 0.25) is 0 Å². The molecule has 4 heteroatoms. The quantitative estimate of drug-likeness (QED) is 0.669. The Morgan fingerprint density at radius 3 is 2.43 bits per heavy atom. The number of aliphatic carboxylic acids is 1. The molecule has 4 nitrogen and oxygen atoms in total. The second kappa shape index (κ2) is 3.82. The van der Waals surface area contributed by atoms with Gasteiger partial charge in [0.25, 0.3) is 0 Å². The predicted molar refractivity (Wildman–Crippen MR) is 51.8 cm³/mol. The van der Waals surface area contributed by atoms with Gasteiger partial charge in [0.2, 0.25) is 5.91 Å². The van der Waals surface area contributed by atoms with Crippen molar-refractivity contribution in [1.82, 2.24) is 4.90 Å². The van der Waals surface area contributed by atoms with Crippen LogP contribution in [0.3, 0.4) is 0 Å². The predicted octanol–water partition coefficient (Wildman–Crippen LogP) is 0.886. The highest BCUT2D eigenvalue weighted by Crippen LogP contribution is 2.28. The smallest absolute Gasteiger partial charge is 0.328 e. The summed E-state index contributed by atoms with van der Waals surface area (Å²) in [6.45, 7) is 5.62. The van der Waals surface area contributed by atoms with Crippen LogP contribution in [0.5, 0.6) is 0 Å². The molecule has 1 N–H and O–H groups in total. The van der Waals surface area contributed by atoms with Crippen LogP contribution in [0.4, 0.5) is 0 Å². The first-order valence-corrected chi connectivity index (χ1v) is 4.61. The fourth-order valence-electron chi connectivity index (χ4n) is 1.55. The highest BCUT2D eigenvalue weighted by Gasteiger charge is 2.30. The van der Waals surface area contributed by atoms with Gasteiger partial charge in [-0.3, -0.25) is 4.79 Å². The summed E-state index contributed by atoms with van der Waals surface area (Å²) in [6, 6.07) is 0. The minimum absolute atomic E-state index is 0.159. The Kier molecular flexibility index (Phi) is 2.93. The minimum atomic E-state index is -1.09. The number of carbonyl (C=O) groups is 2. The fraction of sp³-hybridized carbons (Fsp3) is 0.600. The lowest BCUT2D eigenvalue weighted by atomic mass is 9.93. The number of amides is 1. The fourth-order valence-corrected chi connectivity index (χ4v) is 1.55. The minimum Gasteiger partial charge on any atom is -0.478 e. The standard InChI is InChI=1S/C10H15NO3/c1-10(2)5-6-11(7-10)8(12)3-4-9(13)14/h3-4H,5-7H2,1-2H3,(H,13,14)/b4-3-. The van der Waals surface area contributed by atoms with Gasteiger partial charge >= 0.3 is 5.97 Å². The summed E-state index contributed by atoms with van der Waals surface area (Å²) < 4.78 is 0. The van der Waals surface area contributed by atoms with Crippen molar-refractivity contribution >= 4 is 11.9 Å². The van der Waals surface area contributed by atoms with Crippen molar-refractivity contribution in [3.05, 3.63) is 12.2 Å². The van der Waals surface area contributed by atoms with Crippen molar-refractivity contribution in [3.8, 4) is 0 Å². The van der Waals surface area contributed by atoms with Gasteiger partial charge in [0.1, 0.15) is 0 Å². The molecule has 1 aliphatic heterocycles. The van der Waals surface area contributed by atoms with Crippen LogP contribution in [-0.2, 0) is 9.59 Å². The van der Waals surface area contributed by atoms with E-state index in [1.54, 1.807) is 4.90 Å². The zero-order valence-electron chi connectivity index (χ0n) is 8.49. The van der Waals surface area contributed by atoms with E-state index in [0.717, 1.165) is 25.1 Å². The molecule has 0 saturated carbocycles. The molecule has 78 valence electrons. The third-order valence-corrected chi connectivity index (χ3v) is 2.36. The first-order chi connectivity index (χ1) is 6.41. The summed E-state index contributed by atoms with van der Waals surface area (Å²) in [5.41, 5.74) is 0.159. The Morgan fingerprint density at radius 1 is 1.36 bits per heavy atom. The average Bonchev–Trinajstić information content (AvgIpc) is 2.41. The topological polar surface area (TPSA) is 57.6 Å². The first kappa shape index (κ1) is 10.8. The molecule has 14 heavy (non-hydrogen) atoms. The van der Waals surface area contributed by atoms with E-state index in [0.29, 0.717) is 6.54 Å². The van der Waals surface area contributed by atoms with Crippen molar-refractivity contribution in [1.29, 1.82) is 0 Å². The van der Waals surface area contributed by atoms with Crippen LogP contribution >= 0.6 is 0 Å². The van der Waals surface area contributed by atoms with E-state index in [1.165, 1.54) is 0 Å². The summed E-state index contributed by atoms with van der Waals surface area (Å²) in [4.78, 5) is 23.3. The van der Waals surface area contributed by atoms with E-state index in [2.05, 4.69) is 13.8 Å². The zero-order chi connectivity index (χ0) is 10.8. The van der Waals surface area contributed by atoms with E-state index in [9.17, 15) is 9.59 Å². The van der Waals surface area contributed by atoms with Crippen LogP contribution in [0, 0.1) is 5.41 Å². The van der Waals surface area contributed by atoms with Gasteiger partial charge in [0.05, 0.1) is 0 Å². The molecule has 0 aromatic carbocycles. The maximum Gasteiger partial charge on any atom is 0.328 e. The molecule has 0 spiro atoms. The number of nitrogens with zero attached hydrogens (tertiary/aromatic N) is 1. The lowest BCUT2D eigenvalue weighted by Gasteiger charge is -2.18. The molecule has 1 saturated heterocycles. The molecule has 1 amide bonds. The molecule has 1 fully saturated rings. The molecule has 0 bridgehead atoms. The summed E-state index contributed by atoms with van der Waals surface area (Å²) in [7, 11) is 0. The largest absolute Gasteiger partial charge is 0.478 e. The van der Waals surface area contributed by atoms with Crippen molar-refractivity contribution in [2.45, 2.75) is 20.3 Å². The van der Waals surface area contributed by atoms with Gasteiger partial charge in [0.15, 0.2) is 0 Å². The van der Waals surface area contributed by atoms with E-state index in [1.807, 2.05) is 0 Å². The van der Waals surface area contributed by atoms with Crippen molar-refractivity contribution < 1.29 is 14.7 Å². The molecule has 0 aliphatic carbocycles. The molecule has 0 atom stereocenters. The lowest BCUT2D eigenvalue weighted by molar-refractivity contribution is -0.132. The highest BCUT2D eigenvalue weighted by atomic mass is 16.4. The molecule has 0 aromatic heterocycles. The number of rotatable bonds is 2. The average molecular weight is 197 g/mol. The number of hydrogen-bond acceptors (Lipinski definition) is 2. The first-order valence-electron chi connectivity index (χ1n) is 4.61. The second-order valence-electron chi connectivity index (χ2n) is 4.35. The molecular weight excluding hydrogens is 182 g/mol. The molecule has 1 rings (SSSR count). The Hall–Kier alpha value is -1.32. The Balaban J connectivity index is 2.52. The van der Waals surface area contributed by atoms with Gasteiger partial charge in [-0.05, 0) is 11.8 Å². The number of hydrogen-bond donors (Lipinski definition) is 1. The van der Waals surface area contributed by atoms with Gasteiger partial charge in [-0.25, -0.2) is 4.79 Å². The molecule has 0 radical (unpaired) electrons. The maximum absolute atomic E-state index is 11.4. The van der Waals surface area contributed by atoms with Crippen molar-refractivity contribution in [2.24, 2.45) is 5.41 Å². The van der Waals surface area contributed by atoms with Gasteiger partial charge in [-0.15, -0.1) is 0 Å². The third-order valence-electron chi connectivity index (χ3n) is 2.36. The van der Waals surface area contributed by atoms with E-state index < -0.39 is 5.97 Å². The van der Waals surface area contributed by atoms with Gasteiger partial charge in [-0.1, -0.05) is 13.8 Å².